The van der Waals surface area contributed by atoms with Gasteiger partial charge in [-0.3, -0.25) is 18.7 Å². The summed E-state index contributed by atoms with van der Waals surface area (Å²) in [6, 6.07) is 6.83. The zero-order valence-electron chi connectivity index (χ0n) is 19.7. The number of amides is 1. The number of aliphatic hydroxyl groups excluding tert-OH is 1. The van der Waals surface area contributed by atoms with E-state index in [-0.39, 0.29) is 24.6 Å². The van der Waals surface area contributed by atoms with Crippen molar-refractivity contribution in [2.24, 2.45) is 14.1 Å². The van der Waals surface area contributed by atoms with Crippen LogP contribution >= 0.6 is 0 Å². The Bertz CT molecular complexity index is 1300. The van der Waals surface area contributed by atoms with E-state index in [1.165, 1.54) is 18.5 Å². The molecule has 1 aliphatic rings. The Labute approximate surface area is 196 Å². The average molecular weight is 471 g/mol. The summed E-state index contributed by atoms with van der Waals surface area (Å²) in [6.07, 6.45) is 2.23. The molecule has 3 aromatic rings. The number of hydrogen-bond acceptors (Lipinski definition) is 7. The third-order valence-electron chi connectivity index (χ3n) is 5.98. The van der Waals surface area contributed by atoms with Crippen molar-refractivity contribution in [1.82, 2.24) is 18.7 Å². The lowest BCUT2D eigenvalue weighted by Gasteiger charge is -2.28. The first-order valence-electron chi connectivity index (χ1n) is 11.4. The minimum atomic E-state index is -0.932. The van der Waals surface area contributed by atoms with Crippen LogP contribution < -0.4 is 26.2 Å². The summed E-state index contributed by atoms with van der Waals surface area (Å²) in [6.45, 7) is 3.10. The van der Waals surface area contributed by atoms with Crippen LogP contribution in [0.2, 0.25) is 0 Å². The fourth-order valence-corrected chi connectivity index (χ4v) is 4.24. The molecule has 11 heteroatoms. The summed E-state index contributed by atoms with van der Waals surface area (Å²) in [7, 11) is 3.03. The summed E-state index contributed by atoms with van der Waals surface area (Å²) in [4.78, 5) is 43.4. The molecule has 0 radical (unpaired) electrons. The third-order valence-corrected chi connectivity index (χ3v) is 5.98. The monoisotopic (exact) mass is 470 g/mol. The van der Waals surface area contributed by atoms with Gasteiger partial charge in [-0.25, -0.2) is 4.79 Å². The van der Waals surface area contributed by atoms with Gasteiger partial charge >= 0.3 is 5.69 Å². The number of imidazole rings is 1. The van der Waals surface area contributed by atoms with Gasteiger partial charge in [-0.05, 0) is 43.5 Å². The van der Waals surface area contributed by atoms with Crippen molar-refractivity contribution in [2.75, 3.05) is 29.9 Å². The Balaban J connectivity index is 1.60. The van der Waals surface area contributed by atoms with E-state index in [1.54, 1.807) is 35.9 Å². The van der Waals surface area contributed by atoms with Crippen LogP contribution in [0.4, 0.5) is 11.6 Å². The highest BCUT2D eigenvalue weighted by Crippen LogP contribution is 2.24. The number of piperidine rings is 1. The van der Waals surface area contributed by atoms with E-state index in [4.69, 9.17) is 4.74 Å². The SMILES string of the molecule is CC(=O)Nc1ccc(OCC(O)Cn2c(N3CCCCC3)nc3c2c(=O)n(C)c(=O)n3C)cc1. The van der Waals surface area contributed by atoms with Crippen LogP contribution in [0.5, 0.6) is 5.75 Å². The molecule has 34 heavy (non-hydrogen) atoms. The molecule has 2 N–H and O–H groups in total. The molecule has 0 aliphatic carbocycles. The molecule has 0 spiro atoms. The summed E-state index contributed by atoms with van der Waals surface area (Å²) < 4.78 is 9.84. The number of aryl methyl sites for hydroxylation is 1. The van der Waals surface area contributed by atoms with Gasteiger partial charge in [-0.15, -0.1) is 0 Å². The lowest BCUT2D eigenvalue weighted by molar-refractivity contribution is -0.114. The first-order valence-corrected chi connectivity index (χ1v) is 11.4. The lowest BCUT2D eigenvalue weighted by Crippen LogP contribution is -2.38. The van der Waals surface area contributed by atoms with E-state index in [1.807, 2.05) is 0 Å². The standard InChI is InChI=1S/C23H30N6O5/c1-15(30)24-16-7-9-18(10-8-16)34-14-17(31)13-29-19-20(26(2)23(33)27(3)21(19)32)25-22(29)28-11-5-4-6-12-28/h7-10,17,31H,4-6,11-14H2,1-3H3,(H,24,30). The fourth-order valence-electron chi connectivity index (χ4n) is 4.24. The van der Waals surface area contributed by atoms with E-state index in [2.05, 4.69) is 15.2 Å². The zero-order valence-corrected chi connectivity index (χ0v) is 19.7. The van der Waals surface area contributed by atoms with Gasteiger partial charge in [0.1, 0.15) is 18.5 Å². The van der Waals surface area contributed by atoms with Crippen molar-refractivity contribution >= 4 is 28.7 Å². The van der Waals surface area contributed by atoms with Gasteiger partial charge in [0.2, 0.25) is 11.9 Å². The molecular formula is C23H30N6O5. The van der Waals surface area contributed by atoms with Crippen LogP contribution in [-0.4, -0.2) is 55.5 Å². The molecule has 2 aromatic heterocycles. The number of nitrogens with zero attached hydrogens (tertiary/aromatic N) is 5. The second-order valence-electron chi connectivity index (χ2n) is 8.62. The van der Waals surface area contributed by atoms with Gasteiger partial charge in [0.25, 0.3) is 5.56 Å². The number of aromatic nitrogens is 4. The Morgan fingerprint density at radius 3 is 2.44 bits per heavy atom. The van der Waals surface area contributed by atoms with Gasteiger partial charge in [-0.2, -0.15) is 4.98 Å². The zero-order chi connectivity index (χ0) is 24.4. The Hall–Kier alpha value is -3.60. The number of carbonyl (C=O) groups excluding carboxylic acids is 1. The number of aliphatic hydroxyl groups is 1. The molecule has 11 nitrogen and oxygen atoms in total. The maximum atomic E-state index is 13.0. The predicted octanol–water partition coefficient (Wildman–Crippen LogP) is 0.822. The molecule has 1 fully saturated rings. The summed E-state index contributed by atoms with van der Waals surface area (Å²) in [5.41, 5.74) is 0.339. The summed E-state index contributed by atoms with van der Waals surface area (Å²) in [5.74, 6) is 0.953. The molecule has 0 bridgehead atoms. The van der Waals surface area contributed by atoms with Crippen molar-refractivity contribution < 1.29 is 14.6 Å². The molecule has 1 atom stereocenters. The number of fused-ring (bicyclic) bond motifs is 1. The first kappa shape index (κ1) is 23.6. The number of carbonyl (C=O) groups is 1. The van der Waals surface area contributed by atoms with Crippen molar-refractivity contribution in [3.8, 4) is 5.75 Å². The smallest absolute Gasteiger partial charge is 0.332 e. The first-order chi connectivity index (χ1) is 16.3. The minimum absolute atomic E-state index is 0.00925. The normalized spacial score (nSPS) is 14.9. The lowest BCUT2D eigenvalue weighted by atomic mass is 10.1. The molecule has 1 unspecified atom stereocenters. The number of anilines is 2. The van der Waals surface area contributed by atoms with Crippen LogP contribution in [0.15, 0.2) is 33.9 Å². The average Bonchev–Trinajstić information content (AvgIpc) is 3.20. The van der Waals surface area contributed by atoms with Gasteiger partial charge in [-0.1, -0.05) is 0 Å². The van der Waals surface area contributed by atoms with Crippen molar-refractivity contribution in [3.05, 3.63) is 45.1 Å². The molecule has 182 valence electrons. The molecular weight excluding hydrogens is 440 g/mol. The van der Waals surface area contributed by atoms with Crippen molar-refractivity contribution in [1.29, 1.82) is 0 Å². The predicted molar refractivity (Wildman–Crippen MR) is 129 cm³/mol. The highest BCUT2D eigenvalue weighted by molar-refractivity contribution is 5.88. The maximum absolute atomic E-state index is 13.0. The van der Waals surface area contributed by atoms with Crippen molar-refractivity contribution in [3.63, 3.8) is 0 Å². The topological polar surface area (TPSA) is 124 Å². The molecule has 4 rings (SSSR count). The van der Waals surface area contributed by atoms with Gasteiger partial charge < -0.3 is 24.6 Å². The molecule has 1 amide bonds. The van der Waals surface area contributed by atoms with Gasteiger partial charge in [0.05, 0.1) is 6.54 Å². The second kappa shape index (κ2) is 9.72. The molecule has 1 aromatic carbocycles. The quantitative estimate of drug-likeness (QED) is 0.524. The van der Waals surface area contributed by atoms with Crippen LogP contribution in [0, 0.1) is 0 Å². The van der Waals surface area contributed by atoms with Crippen molar-refractivity contribution in [2.45, 2.75) is 38.8 Å². The number of benzene rings is 1. The highest BCUT2D eigenvalue weighted by atomic mass is 16.5. The molecule has 0 saturated carbocycles. The van der Waals surface area contributed by atoms with E-state index >= 15 is 0 Å². The van der Waals surface area contributed by atoms with Gasteiger partial charge in [0, 0.05) is 39.8 Å². The molecule has 1 saturated heterocycles. The van der Waals surface area contributed by atoms with E-state index < -0.39 is 17.4 Å². The van der Waals surface area contributed by atoms with Crippen LogP contribution in [0.1, 0.15) is 26.2 Å². The van der Waals surface area contributed by atoms with E-state index in [0.717, 1.165) is 36.9 Å². The third kappa shape index (κ3) is 4.69. The summed E-state index contributed by atoms with van der Waals surface area (Å²) >= 11 is 0. The highest BCUT2D eigenvalue weighted by Gasteiger charge is 2.25. The second-order valence-corrected chi connectivity index (χ2v) is 8.62. The molecule has 3 heterocycles. The fraction of sp³-hybridized carbons (Fsp3) is 0.478. The van der Waals surface area contributed by atoms with E-state index in [0.29, 0.717) is 23.0 Å². The Morgan fingerprint density at radius 2 is 1.79 bits per heavy atom. The van der Waals surface area contributed by atoms with Crippen LogP contribution in [0.3, 0.4) is 0 Å². The minimum Gasteiger partial charge on any atom is -0.491 e. The van der Waals surface area contributed by atoms with Crippen LogP contribution in [-0.2, 0) is 25.4 Å². The maximum Gasteiger partial charge on any atom is 0.332 e. The largest absolute Gasteiger partial charge is 0.491 e. The van der Waals surface area contributed by atoms with E-state index in [9.17, 15) is 19.5 Å². The number of hydrogen-bond donors (Lipinski definition) is 2. The number of rotatable bonds is 7. The Morgan fingerprint density at radius 1 is 1.12 bits per heavy atom. The Kier molecular flexibility index (Phi) is 6.73. The van der Waals surface area contributed by atoms with Crippen LogP contribution in [0.25, 0.3) is 11.2 Å². The molecule has 1 aliphatic heterocycles. The summed E-state index contributed by atoms with van der Waals surface area (Å²) in [5, 5.41) is 13.5. The number of nitrogens with one attached hydrogen (secondary N) is 1. The number of ether oxygens (including phenoxy) is 1. The van der Waals surface area contributed by atoms with Gasteiger partial charge in [0.15, 0.2) is 11.2 Å².